The van der Waals surface area contributed by atoms with E-state index in [1.54, 1.807) is 23.5 Å². The fourth-order valence-corrected chi connectivity index (χ4v) is 3.81. The second-order valence-electron chi connectivity index (χ2n) is 5.04. The van der Waals surface area contributed by atoms with Crippen LogP contribution in [-0.2, 0) is 6.42 Å². The summed E-state index contributed by atoms with van der Waals surface area (Å²) in [6.45, 7) is 2.83. The Morgan fingerprint density at radius 2 is 2.15 bits per heavy atom. The van der Waals surface area contributed by atoms with Gasteiger partial charge in [0.15, 0.2) is 0 Å². The average Bonchev–Trinajstić information content (AvgIpc) is 2.89. The van der Waals surface area contributed by atoms with Crippen molar-refractivity contribution in [3.8, 4) is 0 Å². The van der Waals surface area contributed by atoms with Gasteiger partial charge in [-0.25, -0.2) is 8.78 Å². The van der Waals surface area contributed by atoms with Crippen molar-refractivity contribution in [2.45, 2.75) is 25.8 Å². The van der Waals surface area contributed by atoms with Crippen LogP contribution in [0.2, 0.25) is 0 Å². The van der Waals surface area contributed by atoms with Crippen LogP contribution < -0.4 is 10.6 Å². The molecular formula is C15H16F2N2S. The van der Waals surface area contributed by atoms with E-state index < -0.39 is 6.43 Å². The number of nitrogens with zero attached hydrogens (tertiary/aromatic N) is 1. The molecule has 0 fully saturated rings. The molecule has 1 aromatic heterocycles. The van der Waals surface area contributed by atoms with E-state index in [0.29, 0.717) is 11.4 Å². The summed E-state index contributed by atoms with van der Waals surface area (Å²) in [4.78, 5) is 3.42. The van der Waals surface area contributed by atoms with Crippen molar-refractivity contribution >= 4 is 22.7 Å². The van der Waals surface area contributed by atoms with Crippen LogP contribution in [0.5, 0.6) is 0 Å². The van der Waals surface area contributed by atoms with Crippen LogP contribution in [0.15, 0.2) is 29.6 Å². The number of hydrogen-bond donors (Lipinski definition) is 1. The van der Waals surface area contributed by atoms with Gasteiger partial charge in [0.1, 0.15) is 0 Å². The summed E-state index contributed by atoms with van der Waals surface area (Å²) in [6, 6.07) is 7.00. The predicted molar refractivity (Wildman–Crippen MR) is 79.6 cm³/mol. The fourth-order valence-electron chi connectivity index (χ4n) is 2.85. The second-order valence-corrected chi connectivity index (χ2v) is 6.04. The third-order valence-corrected chi connectivity index (χ3v) is 4.87. The summed E-state index contributed by atoms with van der Waals surface area (Å²) in [5, 5.41) is 2.07. The molecule has 0 saturated heterocycles. The van der Waals surface area contributed by atoms with Gasteiger partial charge in [-0.1, -0.05) is 0 Å². The van der Waals surface area contributed by atoms with Gasteiger partial charge in [-0.15, -0.1) is 11.3 Å². The Bertz CT molecular complexity index is 624. The lowest BCUT2D eigenvalue weighted by Crippen LogP contribution is -2.33. The van der Waals surface area contributed by atoms with Crippen LogP contribution in [0.25, 0.3) is 0 Å². The van der Waals surface area contributed by atoms with Gasteiger partial charge in [0, 0.05) is 28.4 Å². The number of hydrogen-bond acceptors (Lipinski definition) is 3. The number of fused-ring (bicyclic) bond motifs is 1. The third-order valence-electron chi connectivity index (χ3n) is 3.87. The molecule has 0 aliphatic carbocycles. The third kappa shape index (κ3) is 2.16. The molecule has 2 aromatic rings. The van der Waals surface area contributed by atoms with Gasteiger partial charge < -0.3 is 10.6 Å². The number of thiophene rings is 1. The van der Waals surface area contributed by atoms with Gasteiger partial charge in [0.05, 0.1) is 6.04 Å². The Hall–Kier alpha value is -1.62. The molecule has 0 saturated carbocycles. The molecule has 2 N–H and O–H groups in total. The molecular weight excluding hydrogens is 278 g/mol. The molecule has 5 heteroatoms. The number of alkyl halides is 2. The number of nitrogens with two attached hydrogens (primary N) is 1. The second kappa shape index (κ2) is 5.05. The summed E-state index contributed by atoms with van der Waals surface area (Å²) in [5.41, 5.74) is 7.89. The Morgan fingerprint density at radius 3 is 2.90 bits per heavy atom. The molecule has 1 atom stereocenters. The van der Waals surface area contributed by atoms with E-state index in [1.165, 1.54) is 16.5 Å². The molecule has 20 heavy (non-hydrogen) atoms. The highest BCUT2D eigenvalue weighted by molar-refractivity contribution is 7.10. The van der Waals surface area contributed by atoms with Gasteiger partial charge in [0.25, 0.3) is 6.43 Å². The van der Waals surface area contributed by atoms with Crippen molar-refractivity contribution < 1.29 is 8.78 Å². The maximum Gasteiger partial charge on any atom is 0.265 e. The minimum absolute atomic E-state index is 0.0236. The minimum Gasteiger partial charge on any atom is -0.399 e. The van der Waals surface area contributed by atoms with Crippen molar-refractivity contribution in [3.63, 3.8) is 0 Å². The fraction of sp³-hybridized carbons (Fsp3) is 0.333. The van der Waals surface area contributed by atoms with Crippen LogP contribution in [0.1, 0.15) is 35.4 Å². The first kappa shape index (κ1) is 13.4. The predicted octanol–water partition coefficient (Wildman–Crippen LogP) is 4.39. The van der Waals surface area contributed by atoms with Gasteiger partial charge in [-0.05, 0) is 48.6 Å². The monoisotopic (exact) mass is 294 g/mol. The van der Waals surface area contributed by atoms with Crippen molar-refractivity contribution in [3.05, 3.63) is 45.6 Å². The van der Waals surface area contributed by atoms with E-state index in [0.717, 1.165) is 13.0 Å². The molecule has 0 amide bonds. The van der Waals surface area contributed by atoms with Crippen molar-refractivity contribution in [2.75, 3.05) is 17.2 Å². The van der Waals surface area contributed by atoms with E-state index in [4.69, 9.17) is 5.73 Å². The zero-order valence-electron chi connectivity index (χ0n) is 11.1. The normalized spacial score (nSPS) is 18.4. The summed E-state index contributed by atoms with van der Waals surface area (Å²) < 4.78 is 26.5. The molecule has 0 spiro atoms. The molecule has 1 aromatic carbocycles. The average molecular weight is 294 g/mol. The molecule has 2 heterocycles. The minimum atomic E-state index is -2.51. The first-order chi connectivity index (χ1) is 9.58. The van der Waals surface area contributed by atoms with Crippen LogP contribution >= 0.6 is 11.3 Å². The van der Waals surface area contributed by atoms with E-state index in [9.17, 15) is 8.78 Å². The Kier molecular flexibility index (Phi) is 3.38. The van der Waals surface area contributed by atoms with E-state index in [2.05, 4.69) is 23.3 Å². The lowest BCUT2D eigenvalue weighted by Gasteiger charge is -2.36. The van der Waals surface area contributed by atoms with Crippen molar-refractivity contribution in [2.24, 2.45) is 0 Å². The summed E-state index contributed by atoms with van der Waals surface area (Å²) in [7, 11) is 0. The zero-order valence-corrected chi connectivity index (χ0v) is 12.0. The smallest absolute Gasteiger partial charge is 0.265 e. The molecule has 3 rings (SSSR count). The number of halogens is 2. The van der Waals surface area contributed by atoms with Gasteiger partial charge in [0.2, 0.25) is 0 Å². The largest absolute Gasteiger partial charge is 0.399 e. The lowest BCUT2D eigenvalue weighted by molar-refractivity contribution is 0.151. The van der Waals surface area contributed by atoms with Crippen LogP contribution in [0, 0.1) is 0 Å². The molecule has 1 aliphatic rings. The van der Waals surface area contributed by atoms with E-state index in [1.807, 2.05) is 0 Å². The Morgan fingerprint density at radius 1 is 1.35 bits per heavy atom. The Labute approximate surface area is 120 Å². The quantitative estimate of drug-likeness (QED) is 0.832. The summed E-state index contributed by atoms with van der Waals surface area (Å²) in [6.07, 6.45) is -1.60. The highest BCUT2D eigenvalue weighted by Gasteiger charge is 2.28. The number of benzene rings is 1. The maximum atomic E-state index is 13.2. The number of nitrogen functional groups attached to an aromatic ring is 1. The summed E-state index contributed by atoms with van der Waals surface area (Å²) in [5.74, 6) is 0. The highest BCUT2D eigenvalue weighted by Crippen LogP contribution is 2.40. The molecule has 106 valence electrons. The molecule has 0 bridgehead atoms. The van der Waals surface area contributed by atoms with Crippen LogP contribution in [-0.4, -0.2) is 6.54 Å². The lowest BCUT2D eigenvalue weighted by atomic mass is 9.99. The maximum absolute atomic E-state index is 13.2. The Balaban J connectivity index is 2.02. The first-order valence-electron chi connectivity index (χ1n) is 6.58. The van der Waals surface area contributed by atoms with Crippen LogP contribution in [0.3, 0.4) is 0 Å². The van der Waals surface area contributed by atoms with Gasteiger partial charge >= 0.3 is 0 Å². The standard InChI is InChI=1S/C15H16F2N2S/c1-9-11-5-7-20-14(11)4-6-19(9)13-3-2-10(18)8-12(13)15(16)17/h2-3,5,7-9,15H,4,6,18H2,1H3. The van der Waals surface area contributed by atoms with Crippen molar-refractivity contribution in [1.29, 1.82) is 0 Å². The first-order valence-corrected chi connectivity index (χ1v) is 7.46. The molecule has 1 unspecified atom stereocenters. The molecule has 0 radical (unpaired) electrons. The molecule has 1 aliphatic heterocycles. The van der Waals surface area contributed by atoms with E-state index in [-0.39, 0.29) is 11.6 Å². The zero-order chi connectivity index (χ0) is 14.3. The number of anilines is 2. The van der Waals surface area contributed by atoms with Crippen LogP contribution in [0.4, 0.5) is 20.2 Å². The van der Waals surface area contributed by atoms with Gasteiger partial charge in [-0.2, -0.15) is 0 Å². The summed E-state index contributed by atoms with van der Waals surface area (Å²) >= 11 is 1.74. The van der Waals surface area contributed by atoms with E-state index >= 15 is 0 Å². The topological polar surface area (TPSA) is 29.3 Å². The number of rotatable bonds is 2. The highest BCUT2D eigenvalue weighted by atomic mass is 32.1. The molecule has 2 nitrogen and oxygen atoms in total. The van der Waals surface area contributed by atoms with Crippen molar-refractivity contribution in [1.82, 2.24) is 0 Å². The van der Waals surface area contributed by atoms with Gasteiger partial charge in [-0.3, -0.25) is 0 Å². The SMILES string of the molecule is CC1c2ccsc2CCN1c1ccc(N)cc1C(F)F.